The Bertz CT molecular complexity index is 481. The number of nitrogens with one attached hydrogen (secondary N) is 3. The van der Waals surface area contributed by atoms with Crippen LogP contribution in [0.2, 0.25) is 0 Å². The van der Waals surface area contributed by atoms with Crippen molar-refractivity contribution >= 4 is 28.8 Å². The Morgan fingerprint density at radius 2 is 2.00 bits per heavy atom. The fourth-order valence-electron chi connectivity index (χ4n) is 1.28. The van der Waals surface area contributed by atoms with Crippen LogP contribution in [0.1, 0.15) is 0 Å². The Kier molecular flexibility index (Phi) is 3.56. The van der Waals surface area contributed by atoms with E-state index >= 15 is 0 Å². The Morgan fingerprint density at radius 3 is 2.59 bits per heavy atom. The van der Waals surface area contributed by atoms with Gasteiger partial charge >= 0.3 is 0 Å². The molecular weight excluding hydrogens is 236 g/mol. The number of benzene rings is 1. The molecule has 0 aliphatic rings. The number of aromatic nitrogens is 2. The van der Waals surface area contributed by atoms with E-state index in [2.05, 4.69) is 20.8 Å². The standard InChI is InChI=1S/C11H12N4OS/c1-16-9-4-2-8(3-5-9)13-11(17)14-10-6-7-12-15-10/h2-7H,1H3,(H3,12,13,14,15,17). The predicted molar refractivity (Wildman–Crippen MR) is 71.4 cm³/mol. The molecular formula is C11H12N4OS. The van der Waals surface area contributed by atoms with E-state index < -0.39 is 0 Å². The van der Waals surface area contributed by atoms with E-state index in [0.717, 1.165) is 17.3 Å². The smallest absolute Gasteiger partial charge is 0.176 e. The van der Waals surface area contributed by atoms with Gasteiger partial charge in [-0.1, -0.05) is 0 Å². The van der Waals surface area contributed by atoms with Crippen LogP contribution in [0.15, 0.2) is 36.5 Å². The lowest BCUT2D eigenvalue weighted by Crippen LogP contribution is -2.19. The van der Waals surface area contributed by atoms with Gasteiger partial charge in [0.1, 0.15) is 11.6 Å². The van der Waals surface area contributed by atoms with Gasteiger partial charge in [-0.25, -0.2) is 0 Å². The van der Waals surface area contributed by atoms with Gasteiger partial charge in [-0.3, -0.25) is 5.10 Å². The third-order valence-corrected chi connectivity index (χ3v) is 2.30. The normalized spacial score (nSPS) is 9.71. The van der Waals surface area contributed by atoms with Crippen molar-refractivity contribution in [1.29, 1.82) is 0 Å². The molecule has 5 nitrogen and oxygen atoms in total. The zero-order chi connectivity index (χ0) is 12.1. The minimum atomic E-state index is 0.499. The Balaban J connectivity index is 1.93. The van der Waals surface area contributed by atoms with E-state index in [1.54, 1.807) is 19.4 Å². The minimum Gasteiger partial charge on any atom is -0.497 e. The van der Waals surface area contributed by atoms with Gasteiger partial charge < -0.3 is 15.4 Å². The summed E-state index contributed by atoms with van der Waals surface area (Å²) >= 11 is 5.14. The number of hydrogen-bond donors (Lipinski definition) is 3. The number of hydrogen-bond acceptors (Lipinski definition) is 3. The van der Waals surface area contributed by atoms with E-state index in [-0.39, 0.29) is 0 Å². The summed E-state index contributed by atoms with van der Waals surface area (Å²) < 4.78 is 5.07. The van der Waals surface area contributed by atoms with Crippen molar-refractivity contribution in [2.45, 2.75) is 0 Å². The fraction of sp³-hybridized carbons (Fsp3) is 0.0909. The van der Waals surface area contributed by atoms with Crippen molar-refractivity contribution in [3.8, 4) is 5.75 Å². The molecule has 2 rings (SSSR count). The van der Waals surface area contributed by atoms with Crippen molar-refractivity contribution < 1.29 is 4.74 Å². The second kappa shape index (κ2) is 5.31. The second-order valence-corrected chi connectivity index (χ2v) is 3.69. The fourth-order valence-corrected chi connectivity index (χ4v) is 1.51. The Hall–Kier alpha value is -2.08. The third kappa shape index (κ3) is 3.18. The lowest BCUT2D eigenvalue weighted by molar-refractivity contribution is 0.415. The van der Waals surface area contributed by atoms with Crippen LogP contribution in [0.3, 0.4) is 0 Å². The van der Waals surface area contributed by atoms with E-state index in [0.29, 0.717) is 5.11 Å². The minimum absolute atomic E-state index is 0.499. The first-order valence-corrected chi connectivity index (χ1v) is 5.40. The van der Waals surface area contributed by atoms with Crippen LogP contribution >= 0.6 is 12.2 Å². The van der Waals surface area contributed by atoms with Crippen molar-refractivity contribution in [2.24, 2.45) is 0 Å². The number of rotatable bonds is 3. The van der Waals surface area contributed by atoms with E-state index in [4.69, 9.17) is 17.0 Å². The number of thiocarbonyl (C=S) groups is 1. The first kappa shape index (κ1) is 11.4. The van der Waals surface area contributed by atoms with Crippen LogP contribution < -0.4 is 15.4 Å². The number of nitrogens with zero attached hydrogens (tertiary/aromatic N) is 1. The molecule has 88 valence electrons. The maximum Gasteiger partial charge on any atom is 0.176 e. The summed E-state index contributed by atoms with van der Waals surface area (Å²) in [5.74, 6) is 1.55. The molecule has 0 fully saturated rings. The molecule has 17 heavy (non-hydrogen) atoms. The van der Waals surface area contributed by atoms with Crippen LogP contribution in [0.4, 0.5) is 11.5 Å². The molecule has 2 aromatic rings. The van der Waals surface area contributed by atoms with E-state index in [1.807, 2.05) is 24.3 Å². The Morgan fingerprint density at radius 1 is 1.24 bits per heavy atom. The first-order chi connectivity index (χ1) is 8.28. The predicted octanol–water partition coefficient (Wildman–Crippen LogP) is 2.23. The summed E-state index contributed by atoms with van der Waals surface area (Å²) in [5, 5.41) is 13.1. The zero-order valence-electron chi connectivity index (χ0n) is 9.23. The number of methoxy groups -OCH3 is 1. The molecule has 0 atom stereocenters. The van der Waals surface area contributed by atoms with Crippen LogP contribution in [0.25, 0.3) is 0 Å². The summed E-state index contributed by atoms with van der Waals surface area (Å²) in [6.45, 7) is 0. The van der Waals surface area contributed by atoms with Crippen molar-refractivity contribution in [3.05, 3.63) is 36.5 Å². The van der Waals surface area contributed by atoms with Crippen LogP contribution in [0.5, 0.6) is 5.75 Å². The van der Waals surface area contributed by atoms with Gasteiger partial charge in [-0.05, 0) is 36.5 Å². The molecule has 0 aliphatic carbocycles. The van der Waals surface area contributed by atoms with E-state index in [1.165, 1.54) is 0 Å². The molecule has 0 saturated carbocycles. The molecule has 0 amide bonds. The molecule has 6 heteroatoms. The van der Waals surface area contributed by atoms with Gasteiger partial charge in [0.25, 0.3) is 0 Å². The molecule has 1 aromatic carbocycles. The summed E-state index contributed by atoms with van der Waals surface area (Å²) in [7, 11) is 1.63. The SMILES string of the molecule is COc1ccc(NC(=S)Nc2ccn[nH]2)cc1. The van der Waals surface area contributed by atoms with Crippen LogP contribution in [-0.2, 0) is 0 Å². The summed E-state index contributed by atoms with van der Waals surface area (Å²) in [5.41, 5.74) is 0.891. The topological polar surface area (TPSA) is 62.0 Å². The lowest BCUT2D eigenvalue weighted by atomic mass is 10.3. The molecule has 0 bridgehead atoms. The molecule has 1 heterocycles. The highest BCUT2D eigenvalue weighted by Crippen LogP contribution is 2.15. The van der Waals surface area contributed by atoms with E-state index in [9.17, 15) is 0 Å². The van der Waals surface area contributed by atoms with Gasteiger partial charge in [0.15, 0.2) is 5.11 Å². The average molecular weight is 248 g/mol. The maximum atomic E-state index is 5.14. The average Bonchev–Trinajstić information content (AvgIpc) is 2.82. The molecule has 0 aliphatic heterocycles. The number of aromatic amines is 1. The zero-order valence-corrected chi connectivity index (χ0v) is 10.0. The molecule has 0 saturated heterocycles. The summed E-state index contributed by atoms with van der Waals surface area (Å²) in [6.07, 6.45) is 1.65. The van der Waals surface area contributed by atoms with Crippen LogP contribution in [-0.4, -0.2) is 22.4 Å². The number of H-pyrrole nitrogens is 1. The lowest BCUT2D eigenvalue weighted by Gasteiger charge is -2.09. The monoisotopic (exact) mass is 248 g/mol. The van der Waals surface area contributed by atoms with Gasteiger partial charge in [0, 0.05) is 11.8 Å². The van der Waals surface area contributed by atoms with Gasteiger partial charge in [0.2, 0.25) is 0 Å². The highest BCUT2D eigenvalue weighted by molar-refractivity contribution is 7.80. The first-order valence-electron chi connectivity index (χ1n) is 4.99. The molecule has 0 unspecified atom stereocenters. The molecule has 0 radical (unpaired) electrons. The Labute approximate surface area is 104 Å². The summed E-state index contributed by atoms with van der Waals surface area (Å²) in [4.78, 5) is 0. The highest BCUT2D eigenvalue weighted by Gasteiger charge is 1.99. The van der Waals surface area contributed by atoms with Crippen molar-refractivity contribution in [3.63, 3.8) is 0 Å². The number of ether oxygens (including phenoxy) is 1. The quantitative estimate of drug-likeness (QED) is 0.727. The highest BCUT2D eigenvalue weighted by atomic mass is 32.1. The van der Waals surface area contributed by atoms with Gasteiger partial charge in [-0.15, -0.1) is 0 Å². The molecule has 1 aromatic heterocycles. The summed E-state index contributed by atoms with van der Waals surface area (Å²) in [6, 6.07) is 9.30. The van der Waals surface area contributed by atoms with Crippen molar-refractivity contribution in [1.82, 2.24) is 10.2 Å². The largest absolute Gasteiger partial charge is 0.497 e. The molecule has 3 N–H and O–H groups in total. The van der Waals surface area contributed by atoms with Crippen molar-refractivity contribution in [2.75, 3.05) is 17.7 Å². The van der Waals surface area contributed by atoms with Gasteiger partial charge in [-0.2, -0.15) is 5.10 Å². The second-order valence-electron chi connectivity index (χ2n) is 3.28. The maximum absolute atomic E-state index is 5.14. The third-order valence-electron chi connectivity index (χ3n) is 2.10. The molecule has 0 spiro atoms. The number of anilines is 2. The van der Waals surface area contributed by atoms with Crippen LogP contribution in [0, 0.1) is 0 Å². The van der Waals surface area contributed by atoms with Gasteiger partial charge in [0.05, 0.1) is 13.3 Å².